The fraction of sp³-hybridized carbons (Fsp3) is 0.538. The Bertz CT molecular complexity index is 326. The van der Waals surface area contributed by atoms with Gasteiger partial charge in [-0.25, -0.2) is 0 Å². The molecule has 1 aromatic carbocycles. The molecular weight excluding hydrogens is 172 g/mol. The lowest BCUT2D eigenvalue weighted by Gasteiger charge is -2.11. The zero-order chi connectivity index (χ0) is 10.1. The maximum atomic E-state index is 9.12. The molecule has 1 aliphatic carbocycles. The molecular formula is C13H18O. The molecule has 76 valence electrons. The van der Waals surface area contributed by atoms with Crippen LogP contribution in [-0.4, -0.2) is 11.7 Å². The predicted octanol–water partition coefficient (Wildman–Crippen LogP) is 2.97. The molecule has 1 unspecified atom stereocenters. The van der Waals surface area contributed by atoms with Crippen LogP contribution in [0.15, 0.2) is 18.2 Å². The van der Waals surface area contributed by atoms with Gasteiger partial charge in [-0.2, -0.15) is 0 Å². The van der Waals surface area contributed by atoms with Gasteiger partial charge in [0, 0.05) is 12.5 Å². The Morgan fingerprint density at radius 1 is 1.36 bits per heavy atom. The summed E-state index contributed by atoms with van der Waals surface area (Å²) >= 11 is 0. The van der Waals surface area contributed by atoms with Gasteiger partial charge in [-0.1, -0.05) is 30.7 Å². The summed E-state index contributed by atoms with van der Waals surface area (Å²) in [5, 5.41) is 9.12. The van der Waals surface area contributed by atoms with E-state index in [-0.39, 0.29) is 12.5 Å². The summed E-state index contributed by atoms with van der Waals surface area (Å²) in [4.78, 5) is 0. The summed E-state index contributed by atoms with van der Waals surface area (Å²) in [7, 11) is 0. The summed E-state index contributed by atoms with van der Waals surface area (Å²) in [5.74, 6) is 1.08. The Hall–Kier alpha value is -0.820. The minimum Gasteiger partial charge on any atom is -0.396 e. The molecule has 0 amide bonds. The molecule has 14 heavy (non-hydrogen) atoms. The zero-order valence-corrected chi connectivity index (χ0v) is 8.96. The number of benzene rings is 1. The van der Waals surface area contributed by atoms with Crippen molar-refractivity contribution in [2.75, 3.05) is 6.61 Å². The van der Waals surface area contributed by atoms with E-state index in [0.29, 0.717) is 0 Å². The van der Waals surface area contributed by atoms with Crippen LogP contribution in [0, 0.1) is 6.92 Å². The summed E-state index contributed by atoms with van der Waals surface area (Å²) in [6.45, 7) is 4.46. The van der Waals surface area contributed by atoms with E-state index in [0.717, 1.165) is 5.92 Å². The highest BCUT2D eigenvalue weighted by atomic mass is 16.3. The second-order valence-corrected chi connectivity index (χ2v) is 4.53. The lowest BCUT2D eigenvalue weighted by atomic mass is 9.96. The smallest absolute Gasteiger partial charge is 0.0497 e. The number of aliphatic hydroxyl groups excluding tert-OH is 1. The van der Waals surface area contributed by atoms with Gasteiger partial charge in [-0.05, 0) is 36.8 Å². The molecule has 0 radical (unpaired) electrons. The van der Waals surface area contributed by atoms with E-state index in [1.165, 1.54) is 29.5 Å². The molecule has 0 heterocycles. The van der Waals surface area contributed by atoms with Crippen molar-refractivity contribution in [1.29, 1.82) is 0 Å². The average Bonchev–Trinajstić information content (AvgIpc) is 2.98. The molecule has 0 bridgehead atoms. The monoisotopic (exact) mass is 190 g/mol. The topological polar surface area (TPSA) is 20.2 Å². The number of hydrogen-bond acceptors (Lipinski definition) is 1. The van der Waals surface area contributed by atoms with E-state index in [4.69, 9.17) is 5.11 Å². The Kier molecular flexibility index (Phi) is 2.60. The molecule has 1 aliphatic rings. The average molecular weight is 190 g/mol. The molecule has 1 nitrogen and oxygen atoms in total. The normalized spacial score (nSPS) is 18.2. The van der Waals surface area contributed by atoms with Crippen molar-refractivity contribution >= 4 is 0 Å². The minimum absolute atomic E-state index is 0.244. The number of hydrogen-bond donors (Lipinski definition) is 1. The highest BCUT2D eigenvalue weighted by molar-refractivity contribution is 5.35. The number of rotatable bonds is 3. The fourth-order valence-corrected chi connectivity index (χ4v) is 1.89. The molecule has 0 aliphatic heterocycles. The third kappa shape index (κ3) is 1.98. The van der Waals surface area contributed by atoms with Gasteiger partial charge >= 0.3 is 0 Å². The molecule has 2 rings (SSSR count). The zero-order valence-electron chi connectivity index (χ0n) is 8.96. The van der Waals surface area contributed by atoms with Crippen LogP contribution in [0.4, 0.5) is 0 Å². The van der Waals surface area contributed by atoms with Crippen molar-refractivity contribution in [3.8, 4) is 0 Å². The van der Waals surface area contributed by atoms with Crippen molar-refractivity contribution < 1.29 is 5.11 Å². The van der Waals surface area contributed by atoms with Crippen molar-refractivity contribution in [2.24, 2.45) is 0 Å². The molecule has 0 saturated heterocycles. The van der Waals surface area contributed by atoms with Crippen LogP contribution in [0.1, 0.15) is 48.3 Å². The van der Waals surface area contributed by atoms with Crippen LogP contribution in [0.25, 0.3) is 0 Å². The standard InChI is InChI=1S/C13H18O/c1-9-5-12(10(2)8-14)7-13(6-9)11-3-4-11/h5-7,10-11,14H,3-4,8H2,1-2H3. The first-order chi connectivity index (χ1) is 6.70. The molecule has 0 aromatic heterocycles. The van der Waals surface area contributed by atoms with Crippen LogP contribution in [0.2, 0.25) is 0 Å². The molecule has 1 aromatic rings. The Morgan fingerprint density at radius 3 is 2.64 bits per heavy atom. The molecule has 1 atom stereocenters. The van der Waals surface area contributed by atoms with Gasteiger partial charge in [0.25, 0.3) is 0 Å². The Morgan fingerprint density at radius 2 is 2.07 bits per heavy atom. The summed E-state index contributed by atoms with van der Waals surface area (Å²) in [6.07, 6.45) is 2.69. The van der Waals surface area contributed by atoms with Gasteiger partial charge in [0.05, 0.1) is 0 Å². The molecule has 1 heteroatoms. The predicted molar refractivity (Wildman–Crippen MR) is 58.7 cm³/mol. The van der Waals surface area contributed by atoms with Crippen molar-refractivity contribution in [3.63, 3.8) is 0 Å². The van der Waals surface area contributed by atoms with Crippen LogP contribution >= 0.6 is 0 Å². The van der Waals surface area contributed by atoms with E-state index in [1.54, 1.807) is 0 Å². The first-order valence-corrected chi connectivity index (χ1v) is 5.43. The van der Waals surface area contributed by atoms with Gasteiger partial charge in [0.15, 0.2) is 0 Å². The molecule has 1 saturated carbocycles. The maximum Gasteiger partial charge on any atom is 0.0497 e. The van der Waals surface area contributed by atoms with Gasteiger partial charge in [-0.3, -0.25) is 0 Å². The molecule has 1 N–H and O–H groups in total. The van der Waals surface area contributed by atoms with Crippen LogP contribution in [0.5, 0.6) is 0 Å². The van der Waals surface area contributed by atoms with E-state index in [2.05, 4.69) is 32.0 Å². The van der Waals surface area contributed by atoms with Crippen molar-refractivity contribution in [3.05, 3.63) is 34.9 Å². The lowest BCUT2D eigenvalue weighted by Crippen LogP contribution is -2.00. The van der Waals surface area contributed by atoms with Crippen molar-refractivity contribution in [1.82, 2.24) is 0 Å². The highest BCUT2D eigenvalue weighted by Crippen LogP contribution is 2.41. The molecule has 1 fully saturated rings. The fourth-order valence-electron chi connectivity index (χ4n) is 1.89. The summed E-state index contributed by atoms with van der Waals surface area (Å²) in [5.41, 5.74) is 4.08. The largest absolute Gasteiger partial charge is 0.396 e. The SMILES string of the molecule is Cc1cc(C(C)CO)cc(C2CC2)c1. The van der Waals surface area contributed by atoms with Gasteiger partial charge < -0.3 is 5.11 Å². The van der Waals surface area contributed by atoms with Gasteiger partial charge in [0.2, 0.25) is 0 Å². The summed E-state index contributed by atoms with van der Waals surface area (Å²) in [6, 6.07) is 6.74. The van der Waals surface area contributed by atoms with E-state index >= 15 is 0 Å². The van der Waals surface area contributed by atoms with Crippen LogP contribution in [0.3, 0.4) is 0 Å². The van der Waals surface area contributed by atoms with E-state index in [1.807, 2.05) is 0 Å². The lowest BCUT2D eigenvalue weighted by molar-refractivity contribution is 0.273. The van der Waals surface area contributed by atoms with E-state index in [9.17, 15) is 0 Å². The van der Waals surface area contributed by atoms with Gasteiger partial charge in [-0.15, -0.1) is 0 Å². The Balaban J connectivity index is 2.30. The third-order valence-electron chi connectivity index (χ3n) is 3.01. The highest BCUT2D eigenvalue weighted by Gasteiger charge is 2.24. The summed E-state index contributed by atoms with van der Waals surface area (Å²) < 4.78 is 0. The number of aryl methyl sites for hydroxylation is 1. The first-order valence-electron chi connectivity index (χ1n) is 5.43. The number of aliphatic hydroxyl groups is 1. The third-order valence-corrected chi connectivity index (χ3v) is 3.01. The first kappa shape index (κ1) is 9.72. The maximum absolute atomic E-state index is 9.12. The molecule has 0 spiro atoms. The Labute approximate surface area is 85.8 Å². The minimum atomic E-state index is 0.244. The van der Waals surface area contributed by atoms with Crippen LogP contribution in [-0.2, 0) is 0 Å². The van der Waals surface area contributed by atoms with Crippen LogP contribution < -0.4 is 0 Å². The van der Waals surface area contributed by atoms with Crippen molar-refractivity contribution in [2.45, 2.75) is 38.5 Å². The second kappa shape index (κ2) is 3.74. The quantitative estimate of drug-likeness (QED) is 0.777. The van der Waals surface area contributed by atoms with E-state index < -0.39 is 0 Å². The van der Waals surface area contributed by atoms with Gasteiger partial charge in [0.1, 0.15) is 0 Å². The second-order valence-electron chi connectivity index (χ2n) is 4.53.